The van der Waals surface area contributed by atoms with Gasteiger partial charge in [0.1, 0.15) is 41.7 Å². The van der Waals surface area contributed by atoms with Crippen LogP contribution in [0.1, 0.15) is 173 Å². The number of hydrogen-bond acceptors (Lipinski definition) is 26. The van der Waals surface area contributed by atoms with Crippen molar-refractivity contribution in [3.63, 3.8) is 0 Å². The van der Waals surface area contributed by atoms with Gasteiger partial charge in [-0.2, -0.15) is 25.3 Å². The van der Waals surface area contributed by atoms with Crippen molar-refractivity contribution in [2.24, 2.45) is 39.4 Å². The Labute approximate surface area is 815 Å². The van der Waals surface area contributed by atoms with Crippen LogP contribution in [0, 0.1) is 34.0 Å². The average Bonchev–Trinajstić information content (AvgIpc) is 1.58. The summed E-state index contributed by atoms with van der Waals surface area (Å²) in [4.78, 5) is 133. The number of rotatable bonds is 59. The number of carbonyl (C=O) groups is 9. The van der Waals surface area contributed by atoms with Gasteiger partial charge in [0.2, 0.25) is 53.2 Å². The van der Waals surface area contributed by atoms with E-state index in [1.54, 1.807) is 24.3 Å². The highest BCUT2D eigenvalue weighted by atomic mass is 32.2. The van der Waals surface area contributed by atoms with Gasteiger partial charge < -0.3 is 112 Å². The monoisotopic (exact) mass is 2040 g/mol. The third-order valence-corrected chi connectivity index (χ3v) is 27.5. The lowest BCUT2D eigenvalue weighted by Crippen LogP contribution is -2.59. The number of benzene rings is 3. The van der Waals surface area contributed by atoms with E-state index in [1.807, 2.05) is 57.7 Å². The molecule has 1 saturated heterocycles. The van der Waals surface area contributed by atoms with Crippen molar-refractivity contribution in [3.8, 4) is 5.75 Å². The molecule has 0 saturated carbocycles. The fourth-order valence-electron chi connectivity index (χ4n) is 15.7. The van der Waals surface area contributed by atoms with Crippen LogP contribution in [0.2, 0.25) is 0 Å². The highest BCUT2D eigenvalue weighted by Gasteiger charge is 2.43. The predicted octanol–water partition coefficient (Wildman–Crippen LogP) is 0.488. The molecule has 0 aromatic heterocycles. The van der Waals surface area contributed by atoms with Crippen LogP contribution in [0.15, 0.2) is 127 Å². The Balaban J connectivity index is 1.16. The molecule has 0 bridgehead atoms. The average molecular weight is 2040 g/mol. The molecule has 9 amide bonds. The summed E-state index contributed by atoms with van der Waals surface area (Å²) in [5, 5.41) is 69.0. The molecule has 33 N–H and O–H groups in total. The van der Waals surface area contributed by atoms with E-state index in [0.717, 1.165) is 22.2 Å². The number of likely N-dealkylation sites (N-methyl/N-ethyl adjacent to an activating group) is 1. The lowest BCUT2D eigenvalue weighted by Gasteiger charge is -2.29. The largest absolute Gasteiger partial charge is 0.457 e. The van der Waals surface area contributed by atoms with Crippen LogP contribution in [0.4, 0.5) is 5.69 Å². The molecular formula is C87H134N26O21S5. The maximum Gasteiger partial charge on any atom is 0.294 e. The minimum atomic E-state index is -4.69. The van der Waals surface area contributed by atoms with Gasteiger partial charge in [0.15, 0.2) is 40.9 Å². The van der Waals surface area contributed by atoms with Gasteiger partial charge in [-0.05, 0) is 218 Å². The van der Waals surface area contributed by atoms with Crippen LogP contribution in [-0.4, -0.2) is 260 Å². The Morgan fingerprint density at radius 3 is 1.54 bits per heavy atom. The van der Waals surface area contributed by atoms with E-state index < -0.39 is 175 Å². The molecule has 2 unspecified atom stereocenters. The summed E-state index contributed by atoms with van der Waals surface area (Å²) < 4.78 is 132. The van der Waals surface area contributed by atoms with Gasteiger partial charge in [0.25, 0.3) is 30.4 Å². The number of allylic oxidation sites excluding steroid dienone is 7. The number of unbranched alkanes of at least 4 members (excludes halogenated alkanes) is 3. The number of guanidine groups is 5. The van der Waals surface area contributed by atoms with Crippen molar-refractivity contribution in [1.82, 2.24) is 68.7 Å². The molecule has 6 rings (SSSR count). The molecule has 139 heavy (non-hydrogen) atoms. The zero-order valence-corrected chi connectivity index (χ0v) is 82.7. The fourth-order valence-corrected chi connectivity index (χ4v) is 18.8. The highest BCUT2D eigenvalue weighted by Crippen LogP contribution is 2.49. The van der Waals surface area contributed by atoms with E-state index in [2.05, 4.69) is 63.8 Å². The van der Waals surface area contributed by atoms with Crippen LogP contribution >= 0.6 is 11.8 Å². The molecule has 3 aromatic carbocycles. The number of thioether (sulfide) groups is 1. The lowest BCUT2D eigenvalue weighted by molar-refractivity contribution is -0.138. The number of anilines is 1. The number of primary amides is 1. The van der Waals surface area contributed by atoms with Gasteiger partial charge in [-0.1, -0.05) is 52.3 Å². The van der Waals surface area contributed by atoms with Crippen molar-refractivity contribution in [3.05, 3.63) is 124 Å². The first kappa shape index (κ1) is 116. The maximum absolute atomic E-state index is 14.7. The van der Waals surface area contributed by atoms with Crippen molar-refractivity contribution >= 4 is 148 Å². The fraction of sp³-hybridized carbons (Fsp3) is 0.529. The van der Waals surface area contributed by atoms with Gasteiger partial charge >= 0.3 is 0 Å². The summed E-state index contributed by atoms with van der Waals surface area (Å²) >= 11 is -1.50. The minimum Gasteiger partial charge on any atom is -0.457 e. The standard InChI is InChI=1S/C87H134N26O21S5/c1-52-26-31-56(136(123)124)48-59(52)86(2,3)69(100-38-9-11-47-137(125,126)127)36-27-53-18-12-19-54(73(53)134-55-29-32-57(33-30-55)138(128,129)130)28-37-70-87(4,5)60-49-58(139(131,132)133)34-35-67(60)112(70)45-10-7-8-25-71(114)101-44-46-113-72(115)50-68(80(113)122)135-51-66(74(88)116)111-79(121)65(24-17-43-106-85(97)98)110-78(120)64(23-16-42-105-84(95)96)109-77(119)63(22-15-41-104-83(93)94)108-76(118)62(21-14-40-103-82(91)92)107-75(117)61(99-6)20-13-39-102-81(89)90/h26-37,48-49,61-66,68,99H,7-25,38-47,50-51H2,1-6H3,(H2,88,116)(H,101,114)(H,107,117)(H,108,118)(H,109,119)(H,110,120)(H,111,121)(H,123,124)(H4,89,90,102)(H4,91,92,103)(H4,93,94,104)(H4,95,96,105)(H4,97,98,106)(H,125,126,127)(H,128,129,130)(H,131,132,133)/b36-27+,54-28+,70-37+,100-69?/t61-,62-,63-,64-,65-,66-,68?/m1/s1. The third kappa shape index (κ3) is 38.2. The van der Waals surface area contributed by atoms with Gasteiger partial charge in [-0.25, -0.2) is 4.21 Å². The molecule has 0 radical (unpaired) electrons. The summed E-state index contributed by atoms with van der Waals surface area (Å²) in [6.45, 7) is 9.87. The molecule has 0 spiro atoms. The smallest absolute Gasteiger partial charge is 0.294 e. The van der Waals surface area contributed by atoms with Crippen molar-refractivity contribution in [2.75, 3.05) is 82.4 Å². The summed E-state index contributed by atoms with van der Waals surface area (Å²) in [6, 6.07) is 6.08. The second-order valence-corrected chi connectivity index (χ2v) is 41.0. The number of nitrogens with one attached hydrogen (secondary N) is 17. The lowest BCUT2D eigenvalue weighted by atomic mass is 9.77. The second-order valence-electron chi connectivity index (χ2n) is 34.4. The number of aryl methyl sites for hydroxylation is 1. The van der Waals surface area contributed by atoms with Crippen molar-refractivity contribution in [2.45, 2.75) is 230 Å². The molecule has 768 valence electrons. The van der Waals surface area contributed by atoms with Crippen molar-refractivity contribution in [1.29, 1.82) is 27.0 Å². The highest BCUT2D eigenvalue weighted by molar-refractivity contribution is 8.00. The number of hydrogen-bond donors (Lipinski definition) is 27. The number of amides is 9. The molecule has 8 atom stereocenters. The number of nitrogens with zero attached hydrogens (tertiary/aromatic N) is 3. The first-order valence-electron chi connectivity index (χ1n) is 45.1. The predicted molar refractivity (Wildman–Crippen MR) is 527 cm³/mol. The van der Waals surface area contributed by atoms with E-state index in [-0.39, 0.29) is 169 Å². The van der Waals surface area contributed by atoms with Gasteiger partial charge in [-0.15, -0.1) is 11.8 Å². The number of aliphatic imine (C=N–C) groups is 1. The Hall–Kier alpha value is -12.2. The summed E-state index contributed by atoms with van der Waals surface area (Å²) in [6.07, 6.45) is 10.6. The number of likely N-dealkylation sites (tertiary alicyclic amines) is 1. The Bertz CT molecular complexity index is 5480. The van der Waals surface area contributed by atoms with Gasteiger partial charge in [0.05, 0.1) is 31.7 Å². The van der Waals surface area contributed by atoms with Gasteiger partial charge in [0, 0.05) is 105 Å². The second kappa shape index (κ2) is 55.0. The van der Waals surface area contributed by atoms with Gasteiger partial charge in [-0.3, -0.25) is 93.7 Å². The number of carbonyl (C=O) groups excluding carboxylic acids is 9. The molecular weight excluding hydrogens is 1910 g/mol. The number of ether oxygens (including phenoxy) is 1. The van der Waals surface area contributed by atoms with Crippen LogP contribution in [-0.2, 0) is 95.4 Å². The van der Waals surface area contributed by atoms with E-state index >= 15 is 0 Å². The molecule has 1 fully saturated rings. The summed E-state index contributed by atoms with van der Waals surface area (Å²) in [7, 11) is -12.0. The van der Waals surface area contributed by atoms with E-state index in [4.69, 9.17) is 71.2 Å². The van der Waals surface area contributed by atoms with Crippen LogP contribution in [0.5, 0.6) is 5.75 Å². The molecule has 2 heterocycles. The van der Waals surface area contributed by atoms with E-state index in [0.29, 0.717) is 96.6 Å². The molecule has 1 aliphatic carbocycles. The van der Waals surface area contributed by atoms with E-state index in [1.165, 1.54) is 49.5 Å². The van der Waals surface area contributed by atoms with Crippen LogP contribution in [0.25, 0.3) is 0 Å². The van der Waals surface area contributed by atoms with E-state index in [9.17, 15) is 90.8 Å². The molecule has 3 aromatic rings. The van der Waals surface area contributed by atoms with Crippen molar-refractivity contribution < 1.29 is 95.6 Å². The first-order valence-corrected chi connectivity index (χ1v) is 51.8. The molecule has 3 aliphatic rings. The normalized spacial score (nSPS) is 16.6. The van der Waals surface area contributed by atoms with Crippen LogP contribution in [0.3, 0.4) is 0 Å². The van der Waals surface area contributed by atoms with Crippen LogP contribution < -0.4 is 108 Å². The minimum absolute atomic E-state index is 0.00314. The quantitative estimate of drug-likeness (QED) is 0.00913. The Kier molecular flexibility index (Phi) is 45.7. The SMILES string of the molecule is CN[C@H](CCCNC(=N)N)C(=O)N[C@H](CCCNC(=N)N)C(=O)N[C@H](CCCNC(=N)N)C(=O)N[C@H](CCCNC(=N)N)C(=O)N[C@H](CCCNC(=N)N)C(=O)N[C@H](CSC1CC(=O)N(CCNC(=O)CCCCCN2/C(=C/C=C3\CCCC(/C=C/C(=NCCCCS(=O)(=O)O)C(C)(C)c4cc(S(=O)O)ccc4C)=C3Oc3ccc(S(=O)(=O)O)cc3)C(C)(C)c3cc(S(=O)(=O)O)ccc32)C1=O)C(N)=O. The number of fused-ring (bicyclic) bond motifs is 1. The zero-order valence-electron chi connectivity index (χ0n) is 78.6. The molecule has 47 nitrogen and oxygen atoms in total. The number of imide groups is 1. The summed E-state index contributed by atoms with van der Waals surface area (Å²) in [5.74, 6) is -9.21. The third-order valence-electron chi connectivity index (χ3n) is 23.1. The zero-order chi connectivity index (χ0) is 103. The first-order chi connectivity index (χ1) is 65.3. The summed E-state index contributed by atoms with van der Waals surface area (Å²) in [5.41, 5.74) is 36.6. The number of nitrogens with two attached hydrogens (primary N) is 6. The Morgan fingerprint density at radius 1 is 0.590 bits per heavy atom. The Morgan fingerprint density at radius 2 is 1.07 bits per heavy atom. The molecule has 52 heteroatoms. The topological polar surface area (TPSA) is 802 Å². The molecule has 2 aliphatic heterocycles. The maximum atomic E-state index is 14.7.